The molecule has 35 heavy (non-hydrogen) atoms. The van der Waals surface area contributed by atoms with Gasteiger partial charge >= 0.3 is 0 Å². The minimum absolute atomic E-state index is 0.00968. The molecule has 1 fully saturated rings. The first-order valence-electron chi connectivity index (χ1n) is 10.4. The summed E-state index contributed by atoms with van der Waals surface area (Å²) in [6.07, 6.45) is -7.71. The third-order valence-electron chi connectivity index (χ3n) is 5.68. The molecule has 5 atom stereocenters. The van der Waals surface area contributed by atoms with Crippen LogP contribution in [-0.4, -0.2) is 82.2 Å². The standard InChI is InChI=1S/C23H24O12/c1-31-14-7-11(26)16-10(25)6-13(33-22(16)21(14)32-2)9-4-3-5-12(17(9)27)34-23-20(30)19(29)18(28)15(8-24)35-23/h3-7,15,18-20,23-24,26-30H,8H2,1-2H3. The van der Waals surface area contributed by atoms with Crippen molar-refractivity contribution in [1.29, 1.82) is 0 Å². The molecule has 4 rings (SSSR count). The van der Waals surface area contributed by atoms with Gasteiger partial charge in [0.15, 0.2) is 28.3 Å². The fraction of sp³-hybridized carbons (Fsp3) is 0.348. The first-order valence-corrected chi connectivity index (χ1v) is 10.4. The van der Waals surface area contributed by atoms with Crippen LogP contribution in [0.5, 0.6) is 28.7 Å². The summed E-state index contributed by atoms with van der Waals surface area (Å²) in [5.41, 5.74) is -0.735. The van der Waals surface area contributed by atoms with E-state index in [9.17, 15) is 35.4 Å². The molecule has 0 aliphatic carbocycles. The van der Waals surface area contributed by atoms with E-state index >= 15 is 0 Å². The lowest BCUT2D eigenvalue weighted by Gasteiger charge is -2.39. The van der Waals surface area contributed by atoms with Gasteiger partial charge in [0.1, 0.15) is 41.3 Å². The average molecular weight is 492 g/mol. The van der Waals surface area contributed by atoms with E-state index in [1.54, 1.807) is 0 Å². The number of aliphatic hydroxyl groups is 4. The van der Waals surface area contributed by atoms with Gasteiger partial charge in [0.05, 0.1) is 26.4 Å². The molecule has 1 aliphatic heterocycles. The molecule has 12 heteroatoms. The van der Waals surface area contributed by atoms with Crippen molar-refractivity contribution in [3.63, 3.8) is 0 Å². The molecule has 1 aliphatic rings. The number of aromatic hydroxyl groups is 2. The summed E-state index contributed by atoms with van der Waals surface area (Å²) < 4.78 is 27.1. The predicted octanol–water partition coefficient (Wildman–Crippen LogP) is 0.0671. The van der Waals surface area contributed by atoms with Gasteiger partial charge in [-0.3, -0.25) is 4.79 Å². The Labute approximate surface area is 197 Å². The van der Waals surface area contributed by atoms with Gasteiger partial charge in [0.2, 0.25) is 12.0 Å². The number of ether oxygens (including phenoxy) is 4. The van der Waals surface area contributed by atoms with Gasteiger partial charge in [-0.15, -0.1) is 0 Å². The Morgan fingerprint density at radius 1 is 0.971 bits per heavy atom. The van der Waals surface area contributed by atoms with Crippen molar-refractivity contribution in [2.45, 2.75) is 30.7 Å². The molecular formula is C23H24O12. The summed E-state index contributed by atoms with van der Waals surface area (Å²) in [4.78, 5) is 12.8. The van der Waals surface area contributed by atoms with Crippen LogP contribution in [0.2, 0.25) is 0 Å². The lowest BCUT2D eigenvalue weighted by atomic mass is 9.99. The van der Waals surface area contributed by atoms with Crippen LogP contribution in [-0.2, 0) is 4.74 Å². The highest BCUT2D eigenvalue weighted by molar-refractivity contribution is 5.92. The normalized spacial score (nSPS) is 24.3. The number of hydrogen-bond acceptors (Lipinski definition) is 12. The molecule has 2 heterocycles. The van der Waals surface area contributed by atoms with Crippen LogP contribution >= 0.6 is 0 Å². The molecular weight excluding hydrogens is 468 g/mol. The Kier molecular flexibility index (Phi) is 6.74. The van der Waals surface area contributed by atoms with Gasteiger partial charge in [-0.1, -0.05) is 6.07 Å². The smallest absolute Gasteiger partial charge is 0.229 e. The fourth-order valence-corrected chi connectivity index (χ4v) is 3.85. The summed E-state index contributed by atoms with van der Waals surface area (Å²) in [6.45, 7) is -0.656. The number of fused-ring (bicyclic) bond motifs is 1. The summed E-state index contributed by atoms with van der Waals surface area (Å²) in [5.74, 6) is -1.05. The molecule has 3 aromatic rings. The van der Waals surface area contributed by atoms with Gasteiger partial charge in [-0.2, -0.15) is 0 Å². The van der Waals surface area contributed by atoms with Crippen molar-refractivity contribution >= 4 is 11.0 Å². The topological polar surface area (TPSA) is 189 Å². The van der Waals surface area contributed by atoms with E-state index in [0.717, 1.165) is 6.07 Å². The van der Waals surface area contributed by atoms with E-state index in [1.165, 1.54) is 38.5 Å². The molecule has 1 aromatic heterocycles. The lowest BCUT2D eigenvalue weighted by molar-refractivity contribution is -0.277. The maximum absolute atomic E-state index is 12.8. The number of benzene rings is 2. The molecule has 6 N–H and O–H groups in total. The van der Waals surface area contributed by atoms with Crippen molar-refractivity contribution in [2.75, 3.05) is 20.8 Å². The van der Waals surface area contributed by atoms with Crippen LogP contribution in [0.4, 0.5) is 0 Å². The zero-order valence-electron chi connectivity index (χ0n) is 18.6. The number of aliphatic hydroxyl groups excluding tert-OH is 4. The van der Waals surface area contributed by atoms with Gasteiger partial charge in [0.25, 0.3) is 0 Å². The molecule has 0 spiro atoms. The zero-order chi connectivity index (χ0) is 25.4. The number of rotatable bonds is 6. The summed E-state index contributed by atoms with van der Waals surface area (Å²) in [6, 6.07) is 6.48. The third-order valence-corrected chi connectivity index (χ3v) is 5.68. The van der Waals surface area contributed by atoms with Crippen LogP contribution in [0.3, 0.4) is 0 Å². The first-order chi connectivity index (χ1) is 16.7. The molecule has 1 saturated heterocycles. The van der Waals surface area contributed by atoms with E-state index in [2.05, 4.69) is 0 Å². The van der Waals surface area contributed by atoms with Crippen LogP contribution in [0.1, 0.15) is 0 Å². The number of methoxy groups -OCH3 is 2. The van der Waals surface area contributed by atoms with Crippen LogP contribution in [0.15, 0.2) is 39.5 Å². The minimum atomic E-state index is -1.70. The highest BCUT2D eigenvalue weighted by Crippen LogP contribution is 2.43. The van der Waals surface area contributed by atoms with Crippen LogP contribution < -0.4 is 19.6 Å². The number of para-hydroxylation sites is 1. The molecule has 188 valence electrons. The van der Waals surface area contributed by atoms with E-state index in [-0.39, 0.29) is 45.3 Å². The quantitative estimate of drug-likeness (QED) is 0.272. The second-order valence-electron chi connectivity index (χ2n) is 7.78. The van der Waals surface area contributed by atoms with E-state index in [1.807, 2.05) is 0 Å². The maximum atomic E-state index is 12.8. The van der Waals surface area contributed by atoms with E-state index < -0.39 is 48.5 Å². The van der Waals surface area contributed by atoms with E-state index in [0.29, 0.717) is 0 Å². The van der Waals surface area contributed by atoms with Crippen molar-refractivity contribution in [3.8, 4) is 40.1 Å². The Morgan fingerprint density at radius 2 is 1.71 bits per heavy atom. The van der Waals surface area contributed by atoms with Gasteiger partial charge < -0.3 is 54.0 Å². The molecule has 5 unspecified atom stereocenters. The lowest BCUT2D eigenvalue weighted by Crippen LogP contribution is -2.60. The number of phenolic OH excluding ortho intramolecular Hbond substituents is 2. The molecule has 0 saturated carbocycles. The number of phenols is 2. The summed E-state index contributed by atoms with van der Waals surface area (Å²) >= 11 is 0. The highest BCUT2D eigenvalue weighted by atomic mass is 16.7. The van der Waals surface area contributed by atoms with E-state index in [4.69, 9.17) is 23.4 Å². The van der Waals surface area contributed by atoms with Crippen LogP contribution in [0.25, 0.3) is 22.3 Å². The second kappa shape index (κ2) is 9.60. The predicted molar refractivity (Wildman–Crippen MR) is 119 cm³/mol. The maximum Gasteiger partial charge on any atom is 0.229 e. The first kappa shape index (κ1) is 24.6. The molecule has 0 bridgehead atoms. The molecule has 2 aromatic carbocycles. The third kappa shape index (κ3) is 4.22. The SMILES string of the molecule is COc1cc(O)c2c(=O)cc(-c3cccc(OC4OC(CO)C(O)C(O)C4O)c3O)oc2c1OC. The monoisotopic (exact) mass is 492 g/mol. The minimum Gasteiger partial charge on any atom is -0.507 e. The molecule has 0 amide bonds. The summed E-state index contributed by atoms with van der Waals surface area (Å²) in [5, 5.41) is 60.4. The van der Waals surface area contributed by atoms with Gasteiger partial charge in [-0.25, -0.2) is 0 Å². The Hall–Kier alpha value is -3.55. The highest BCUT2D eigenvalue weighted by Gasteiger charge is 2.45. The number of hydrogen-bond donors (Lipinski definition) is 6. The Bertz CT molecular complexity index is 1280. The van der Waals surface area contributed by atoms with Crippen molar-refractivity contribution < 1.29 is 54.0 Å². The van der Waals surface area contributed by atoms with Crippen LogP contribution in [0, 0.1) is 0 Å². The zero-order valence-corrected chi connectivity index (χ0v) is 18.6. The second-order valence-corrected chi connectivity index (χ2v) is 7.78. The van der Waals surface area contributed by atoms with Crippen molar-refractivity contribution in [2.24, 2.45) is 0 Å². The van der Waals surface area contributed by atoms with Gasteiger partial charge in [0, 0.05) is 12.1 Å². The van der Waals surface area contributed by atoms with Crippen molar-refractivity contribution in [1.82, 2.24) is 0 Å². The average Bonchev–Trinajstić information content (AvgIpc) is 2.84. The Balaban J connectivity index is 1.77. The summed E-state index contributed by atoms with van der Waals surface area (Å²) in [7, 11) is 2.67. The van der Waals surface area contributed by atoms with Gasteiger partial charge in [-0.05, 0) is 12.1 Å². The Morgan fingerprint density at radius 3 is 2.37 bits per heavy atom. The molecule has 12 nitrogen and oxygen atoms in total. The van der Waals surface area contributed by atoms with Crippen molar-refractivity contribution in [3.05, 3.63) is 40.6 Å². The fourth-order valence-electron chi connectivity index (χ4n) is 3.85. The largest absolute Gasteiger partial charge is 0.507 e. The molecule has 0 radical (unpaired) electrons.